The van der Waals surface area contributed by atoms with Crippen LogP contribution < -0.4 is 15.1 Å². The Kier molecular flexibility index (Phi) is 4.36. The Morgan fingerprint density at radius 1 is 1.28 bits per heavy atom. The molecule has 0 amide bonds. The third-order valence-corrected chi connectivity index (χ3v) is 3.44. The van der Waals surface area contributed by atoms with Gasteiger partial charge in [0, 0.05) is 38.8 Å². The molecule has 18 heavy (non-hydrogen) atoms. The first-order chi connectivity index (χ1) is 8.68. The zero-order chi connectivity index (χ0) is 13.0. The van der Waals surface area contributed by atoms with Crippen LogP contribution in [0.2, 0.25) is 0 Å². The number of nitrogens with one attached hydrogen (secondary N) is 1. The molecule has 1 aliphatic heterocycles. The van der Waals surface area contributed by atoms with E-state index in [1.54, 1.807) is 6.33 Å². The Bertz CT molecular complexity index is 371. The van der Waals surface area contributed by atoms with Crippen LogP contribution in [0.15, 0.2) is 12.4 Å². The number of nitrogens with zero attached hydrogens (tertiary/aromatic N) is 4. The van der Waals surface area contributed by atoms with Gasteiger partial charge in [0.05, 0.1) is 0 Å². The second-order valence-corrected chi connectivity index (χ2v) is 5.03. The minimum atomic E-state index is 0.443. The average molecular weight is 249 g/mol. The van der Waals surface area contributed by atoms with E-state index < -0.39 is 0 Å². The minimum Gasteiger partial charge on any atom is -0.357 e. The van der Waals surface area contributed by atoms with Crippen molar-refractivity contribution in [1.29, 1.82) is 0 Å². The lowest BCUT2D eigenvalue weighted by molar-refractivity contribution is 0.724. The Balaban J connectivity index is 2.15. The van der Waals surface area contributed by atoms with Gasteiger partial charge in [-0.15, -0.1) is 0 Å². The van der Waals surface area contributed by atoms with Crippen molar-refractivity contribution in [2.24, 2.45) is 0 Å². The molecule has 0 aromatic carbocycles. The molecule has 1 fully saturated rings. The fraction of sp³-hybridized carbons (Fsp3) is 0.692. The van der Waals surface area contributed by atoms with Crippen molar-refractivity contribution in [3.8, 4) is 0 Å². The summed E-state index contributed by atoms with van der Waals surface area (Å²) in [7, 11) is 2.07. The van der Waals surface area contributed by atoms with Crippen LogP contribution in [0.3, 0.4) is 0 Å². The smallest absolute Gasteiger partial charge is 0.134 e. The SMILES string of the molecule is CC(C)N(C)c1cc(N2CCCNCC2)ncn1. The minimum absolute atomic E-state index is 0.443. The van der Waals surface area contributed by atoms with E-state index >= 15 is 0 Å². The predicted octanol–water partition coefficient (Wildman–Crippen LogP) is 1.12. The molecule has 2 heterocycles. The number of hydrogen-bond acceptors (Lipinski definition) is 5. The molecule has 0 aliphatic carbocycles. The highest BCUT2D eigenvalue weighted by molar-refractivity contribution is 5.50. The van der Waals surface area contributed by atoms with Crippen LogP contribution in [0.25, 0.3) is 0 Å². The second-order valence-electron chi connectivity index (χ2n) is 5.03. The number of aromatic nitrogens is 2. The molecule has 0 spiro atoms. The van der Waals surface area contributed by atoms with Crippen molar-refractivity contribution in [3.63, 3.8) is 0 Å². The third-order valence-electron chi connectivity index (χ3n) is 3.44. The van der Waals surface area contributed by atoms with E-state index in [2.05, 4.69) is 52.0 Å². The molecular formula is C13H23N5. The highest BCUT2D eigenvalue weighted by Gasteiger charge is 2.13. The van der Waals surface area contributed by atoms with E-state index in [9.17, 15) is 0 Å². The summed E-state index contributed by atoms with van der Waals surface area (Å²) >= 11 is 0. The van der Waals surface area contributed by atoms with Gasteiger partial charge in [0.1, 0.15) is 18.0 Å². The molecule has 1 aliphatic rings. The van der Waals surface area contributed by atoms with Gasteiger partial charge in [-0.3, -0.25) is 0 Å². The number of rotatable bonds is 3. The molecule has 0 atom stereocenters. The summed E-state index contributed by atoms with van der Waals surface area (Å²) in [6.07, 6.45) is 2.83. The second kappa shape index (κ2) is 6.00. The molecule has 0 unspecified atom stereocenters. The average Bonchev–Trinajstić information content (AvgIpc) is 2.66. The van der Waals surface area contributed by atoms with Gasteiger partial charge in [0.25, 0.3) is 0 Å². The zero-order valence-corrected chi connectivity index (χ0v) is 11.6. The summed E-state index contributed by atoms with van der Waals surface area (Å²) in [4.78, 5) is 13.3. The molecule has 0 radical (unpaired) electrons. The number of hydrogen-bond donors (Lipinski definition) is 1. The van der Waals surface area contributed by atoms with Crippen LogP contribution in [0.4, 0.5) is 11.6 Å². The summed E-state index contributed by atoms with van der Waals surface area (Å²) in [6.45, 7) is 8.53. The van der Waals surface area contributed by atoms with Crippen LogP contribution in [-0.2, 0) is 0 Å². The Hall–Kier alpha value is -1.36. The van der Waals surface area contributed by atoms with Gasteiger partial charge in [0.15, 0.2) is 0 Å². The fourth-order valence-corrected chi connectivity index (χ4v) is 2.04. The van der Waals surface area contributed by atoms with Crippen LogP contribution in [0.1, 0.15) is 20.3 Å². The standard InChI is InChI=1S/C13H23N5/c1-11(2)17(3)12-9-13(16-10-15-12)18-7-4-5-14-6-8-18/h9-11,14H,4-8H2,1-3H3. The maximum absolute atomic E-state index is 4.41. The van der Waals surface area contributed by atoms with E-state index in [1.165, 1.54) is 6.42 Å². The normalized spacial score (nSPS) is 16.8. The molecule has 1 saturated heterocycles. The van der Waals surface area contributed by atoms with Crippen LogP contribution in [-0.4, -0.2) is 49.2 Å². The predicted molar refractivity (Wildman–Crippen MR) is 75.3 cm³/mol. The van der Waals surface area contributed by atoms with Gasteiger partial charge >= 0.3 is 0 Å². The summed E-state index contributed by atoms with van der Waals surface area (Å²) in [5.41, 5.74) is 0. The van der Waals surface area contributed by atoms with Gasteiger partial charge < -0.3 is 15.1 Å². The van der Waals surface area contributed by atoms with Crippen LogP contribution in [0, 0.1) is 0 Å². The summed E-state index contributed by atoms with van der Waals surface area (Å²) in [6, 6.07) is 2.53. The van der Waals surface area contributed by atoms with Crippen molar-refractivity contribution in [3.05, 3.63) is 12.4 Å². The van der Waals surface area contributed by atoms with E-state index in [0.29, 0.717) is 6.04 Å². The lowest BCUT2D eigenvalue weighted by atomic mass is 10.3. The van der Waals surface area contributed by atoms with E-state index in [0.717, 1.165) is 37.8 Å². The molecule has 5 heteroatoms. The molecule has 2 rings (SSSR count). The highest BCUT2D eigenvalue weighted by atomic mass is 15.2. The molecule has 5 nitrogen and oxygen atoms in total. The summed E-state index contributed by atoms with van der Waals surface area (Å²) in [5.74, 6) is 2.03. The van der Waals surface area contributed by atoms with Crippen molar-refractivity contribution in [2.45, 2.75) is 26.3 Å². The Morgan fingerprint density at radius 3 is 2.89 bits per heavy atom. The number of anilines is 2. The topological polar surface area (TPSA) is 44.3 Å². The maximum atomic E-state index is 4.41. The quantitative estimate of drug-likeness (QED) is 0.869. The van der Waals surface area contributed by atoms with Crippen LogP contribution >= 0.6 is 0 Å². The van der Waals surface area contributed by atoms with Crippen molar-refractivity contribution in [1.82, 2.24) is 15.3 Å². The Labute approximate surface area is 109 Å². The van der Waals surface area contributed by atoms with Crippen molar-refractivity contribution < 1.29 is 0 Å². The van der Waals surface area contributed by atoms with Gasteiger partial charge in [-0.25, -0.2) is 9.97 Å². The summed E-state index contributed by atoms with van der Waals surface area (Å²) in [5, 5.41) is 3.41. The first-order valence-electron chi connectivity index (χ1n) is 6.69. The first kappa shape index (κ1) is 13.1. The molecular weight excluding hydrogens is 226 g/mol. The summed E-state index contributed by atoms with van der Waals surface area (Å²) < 4.78 is 0. The lowest BCUT2D eigenvalue weighted by Gasteiger charge is -2.25. The molecule has 0 bridgehead atoms. The molecule has 100 valence electrons. The van der Waals surface area contributed by atoms with Gasteiger partial charge in [-0.05, 0) is 26.8 Å². The monoisotopic (exact) mass is 249 g/mol. The van der Waals surface area contributed by atoms with Crippen molar-refractivity contribution >= 4 is 11.6 Å². The van der Waals surface area contributed by atoms with Crippen molar-refractivity contribution in [2.75, 3.05) is 43.0 Å². The van der Waals surface area contributed by atoms with E-state index in [-0.39, 0.29) is 0 Å². The zero-order valence-electron chi connectivity index (χ0n) is 11.6. The van der Waals surface area contributed by atoms with Gasteiger partial charge in [-0.1, -0.05) is 0 Å². The molecule has 1 N–H and O–H groups in total. The van der Waals surface area contributed by atoms with Gasteiger partial charge in [-0.2, -0.15) is 0 Å². The lowest BCUT2D eigenvalue weighted by Crippen LogP contribution is -2.30. The molecule has 1 aromatic heterocycles. The van der Waals surface area contributed by atoms with E-state index in [1.807, 2.05) is 0 Å². The fourth-order valence-electron chi connectivity index (χ4n) is 2.04. The van der Waals surface area contributed by atoms with E-state index in [4.69, 9.17) is 0 Å². The largest absolute Gasteiger partial charge is 0.357 e. The first-order valence-corrected chi connectivity index (χ1v) is 6.69. The molecule has 1 aromatic rings. The maximum Gasteiger partial charge on any atom is 0.134 e. The van der Waals surface area contributed by atoms with Crippen LogP contribution in [0.5, 0.6) is 0 Å². The molecule has 0 saturated carbocycles. The highest BCUT2D eigenvalue weighted by Crippen LogP contribution is 2.18. The van der Waals surface area contributed by atoms with Gasteiger partial charge in [0.2, 0.25) is 0 Å². The Morgan fingerprint density at radius 2 is 2.11 bits per heavy atom. The third kappa shape index (κ3) is 3.10.